The molecule has 1 aromatic carbocycles. The standard InChI is InChI=1S/C11H12N4O3S/c1-6-2-3-7(4-8(6)15-18)10-12-11(14-13-10)19-5-9(16)17/h2-4,15,18H,5H2,1H3,(H,16,17)(H,12,13,14)/p+1. The Kier molecular flexibility index (Phi) is 4.15. The van der Waals surface area contributed by atoms with E-state index in [4.69, 9.17) is 10.3 Å². The van der Waals surface area contributed by atoms with E-state index in [2.05, 4.69) is 15.2 Å². The number of aromatic amines is 1. The second kappa shape index (κ2) is 5.83. The number of benzene rings is 1. The van der Waals surface area contributed by atoms with Gasteiger partial charge in [-0.25, -0.2) is 10.2 Å². The largest absolute Gasteiger partial charge is 0.481 e. The van der Waals surface area contributed by atoms with Crippen molar-refractivity contribution >= 4 is 23.4 Å². The first-order valence-corrected chi connectivity index (χ1v) is 6.44. The van der Waals surface area contributed by atoms with Gasteiger partial charge in [-0.2, -0.15) is 5.48 Å². The lowest BCUT2D eigenvalue weighted by atomic mass is 10.1. The highest BCUT2D eigenvalue weighted by Gasteiger charge is 2.10. The second-order valence-electron chi connectivity index (χ2n) is 3.85. The van der Waals surface area contributed by atoms with Gasteiger partial charge in [-0.15, -0.1) is 5.10 Å². The molecule has 1 heterocycles. The Morgan fingerprint density at radius 1 is 1.53 bits per heavy atom. The van der Waals surface area contributed by atoms with Crippen LogP contribution in [0, 0.1) is 6.92 Å². The maximum absolute atomic E-state index is 10.5. The molecule has 0 aliphatic rings. The summed E-state index contributed by atoms with van der Waals surface area (Å²) in [7, 11) is 0. The van der Waals surface area contributed by atoms with Crippen LogP contribution in [0.5, 0.6) is 0 Å². The zero-order chi connectivity index (χ0) is 13.8. The second-order valence-corrected chi connectivity index (χ2v) is 4.79. The van der Waals surface area contributed by atoms with E-state index in [1.54, 1.807) is 6.07 Å². The number of H-pyrrole nitrogens is 1. The van der Waals surface area contributed by atoms with Gasteiger partial charge in [0, 0.05) is 17.2 Å². The van der Waals surface area contributed by atoms with Crippen molar-refractivity contribution in [3.05, 3.63) is 23.8 Å². The summed E-state index contributed by atoms with van der Waals surface area (Å²) in [6, 6.07) is 5.50. The predicted octanol–water partition coefficient (Wildman–Crippen LogP) is 0.541. The summed E-state index contributed by atoms with van der Waals surface area (Å²) >= 11 is 1.05. The summed E-state index contributed by atoms with van der Waals surface area (Å²) in [6.07, 6.45) is 0. The summed E-state index contributed by atoms with van der Waals surface area (Å²) < 4.78 is 0. The quantitative estimate of drug-likeness (QED) is 0.361. The van der Waals surface area contributed by atoms with E-state index in [1.807, 2.05) is 19.1 Å². The van der Waals surface area contributed by atoms with Gasteiger partial charge >= 0.3 is 5.97 Å². The van der Waals surface area contributed by atoms with E-state index in [-0.39, 0.29) is 5.75 Å². The number of nitrogens with two attached hydrogens (primary N) is 1. The van der Waals surface area contributed by atoms with Crippen LogP contribution in [0.1, 0.15) is 5.56 Å². The molecule has 0 saturated heterocycles. The number of thioether (sulfide) groups is 1. The number of aliphatic carboxylic acids is 1. The summed E-state index contributed by atoms with van der Waals surface area (Å²) in [5, 5.41) is 24.7. The molecule has 0 unspecified atom stereocenters. The predicted molar refractivity (Wildman–Crippen MR) is 68.3 cm³/mol. The van der Waals surface area contributed by atoms with Gasteiger partial charge in [0.05, 0.1) is 5.75 Å². The normalized spacial score (nSPS) is 10.6. The molecule has 7 nitrogen and oxygen atoms in total. The van der Waals surface area contributed by atoms with Crippen LogP contribution in [-0.4, -0.2) is 37.2 Å². The lowest BCUT2D eigenvalue weighted by Crippen LogP contribution is -2.74. The molecule has 0 saturated carbocycles. The third-order valence-electron chi connectivity index (χ3n) is 2.48. The average molecular weight is 281 g/mol. The Morgan fingerprint density at radius 2 is 2.32 bits per heavy atom. The van der Waals surface area contributed by atoms with E-state index in [9.17, 15) is 4.79 Å². The van der Waals surface area contributed by atoms with Gasteiger partial charge in [0.15, 0.2) is 11.5 Å². The number of nitrogens with one attached hydrogen (secondary N) is 1. The lowest BCUT2D eigenvalue weighted by Gasteiger charge is -2.00. The molecule has 8 heteroatoms. The van der Waals surface area contributed by atoms with E-state index in [0.29, 0.717) is 16.7 Å². The van der Waals surface area contributed by atoms with Gasteiger partial charge in [-0.05, 0) is 6.92 Å². The van der Waals surface area contributed by atoms with Crippen molar-refractivity contribution in [2.24, 2.45) is 0 Å². The zero-order valence-corrected chi connectivity index (χ0v) is 10.9. The molecular weight excluding hydrogens is 268 g/mol. The molecule has 0 spiro atoms. The van der Waals surface area contributed by atoms with Gasteiger partial charge in [-0.1, -0.05) is 23.9 Å². The summed E-state index contributed by atoms with van der Waals surface area (Å²) in [6.45, 7) is 1.89. The molecule has 1 aromatic heterocycles. The minimum Gasteiger partial charge on any atom is -0.481 e. The van der Waals surface area contributed by atoms with E-state index in [1.165, 1.54) is 0 Å². The third kappa shape index (κ3) is 3.31. The molecule has 0 bridgehead atoms. The molecule has 2 aromatic rings. The van der Waals surface area contributed by atoms with Gasteiger partial charge in [0.2, 0.25) is 5.16 Å². The number of carboxylic acids is 1. The van der Waals surface area contributed by atoms with Crippen LogP contribution in [0.25, 0.3) is 11.4 Å². The molecule has 0 aliphatic heterocycles. The van der Waals surface area contributed by atoms with Gasteiger partial charge in [0.1, 0.15) is 0 Å². The number of nitrogens with zero attached hydrogens (tertiary/aromatic N) is 2. The van der Waals surface area contributed by atoms with Crippen LogP contribution < -0.4 is 5.48 Å². The first kappa shape index (κ1) is 13.5. The van der Waals surface area contributed by atoms with E-state index >= 15 is 0 Å². The molecule has 0 atom stereocenters. The monoisotopic (exact) mass is 281 g/mol. The Balaban J connectivity index is 2.20. The summed E-state index contributed by atoms with van der Waals surface area (Å²) in [5.74, 6) is -0.458. The molecule has 100 valence electrons. The van der Waals surface area contributed by atoms with Crippen LogP contribution >= 0.6 is 11.8 Å². The van der Waals surface area contributed by atoms with Crippen LogP contribution in [-0.2, 0) is 4.79 Å². The fourth-order valence-corrected chi connectivity index (χ4v) is 2.01. The molecule has 0 amide bonds. The lowest BCUT2D eigenvalue weighted by molar-refractivity contribution is -0.826. The fraction of sp³-hybridized carbons (Fsp3) is 0.182. The fourth-order valence-electron chi connectivity index (χ4n) is 1.49. The minimum absolute atomic E-state index is 0.0825. The Bertz CT molecular complexity index is 599. The smallest absolute Gasteiger partial charge is 0.313 e. The highest BCUT2D eigenvalue weighted by atomic mass is 32.2. The maximum atomic E-state index is 10.5. The third-order valence-corrected chi connectivity index (χ3v) is 3.31. The minimum atomic E-state index is -0.913. The number of carboxylic acid groups (broad SMARTS) is 1. The number of carbonyl (C=O) groups is 1. The SMILES string of the molecule is Cc1ccc(-c2nc(SCC(=O)O)n[nH]2)cc1[NH2+]O. The van der Waals surface area contributed by atoms with Crippen molar-refractivity contribution in [3.63, 3.8) is 0 Å². The highest BCUT2D eigenvalue weighted by Crippen LogP contribution is 2.22. The average Bonchev–Trinajstić information content (AvgIpc) is 2.86. The van der Waals surface area contributed by atoms with Crippen molar-refractivity contribution in [2.75, 3.05) is 5.75 Å². The number of aryl methyl sites for hydroxylation is 1. The molecule has 0 aliphatic carbocycles. The number of rotatable bonds is 5. The summed E-state index contributed by atoms with van der Waals surface area (Å²) in [5.41, 5.74) is 3.47. The van der Waals surface area contributed by atoms with Gasteiger partial charge in [0.25, 0.3) is 0 Å². The molecular formula is C11H13N4O3S+. The highest BCUT2D eigenvalue weighted by molar-refractivity contribution is 7.99. The van der Waals surface area contributed by atoms with Crippen molar-refractivity contribution in [3.8, 4) is 11.4 Å². The number of aromatic nitrogens is 3. The Labute approximate surface area is 113 Å². The van der Waals surface area contributed by atoms with Crippen LogP contribution in [0.4, 0.5) is 5.69 Å². The molecule has 0 radical (unpaired) electrons. The number of hydrogen-bond donors (Lipinski definition) is 4. The van der Waals surface area contributed by atoms with Crippen LogP contribution in [0.3, 0.4) is 0 Å². The molecule has 0 fully saturated rings. The maximum Gasteiger partial charge on any atom is 0.313 e. The van der Waals surface area contributed by atoms with Gasteiger partial charge < -0.3 is 5.11 Å². The summed E-state index contributed by atoms with van der Waals surface area (Å²) in [4.78, 5) is 14.6. The van der Waals surface area contributed by atoms with Crippen LogP contribution in [0.15, 0.2) is 23.4 Å². The first-order chi connectivity index (χ1) is 9.10. The van der Waals surface area contributed by atoms with E-state index in [0.717, 1.165) is 28.4 Å². The van der Waals surface area contributed by atoms with E-state index < -0.39 is 5.97 Å². The van der Waals surface area contributed by atoms with Crippen molar-refractivity contribution in [1.29, 1.82) is 0 Å². The zero-order valence-electron chi connectivity index (χ0n) is 10.1. The van der Waals surface area contributed by atoms with Crippen molar-refractivity contribution in [1.82, 2.24) is 15.2 Å². The topological polar surface area (TPSA) is 116 Å². The Hall–Kier alpha value is -1.90. The number of quaternary nitrogens is 1. The molecule has 2 rings (SSSR count). The van der Waals surface area contributed by atoms with Crippen molar-refractivity contribution < 1.29 is 20.6 Å². The molecule has 5 N–H and O–H groups in total. The van der Waals surface area contributed by atoms with Crippen LogP contribution in [0.2, 0.25) is 0 Å². The first-order valence-electron chi connectivity index (χ1n) is 5.45. The van der Waals surface area contributed by atoms with Crippen molar-refractivity contribution in [2.45, 2.75) is 12.1 Å². The molecule has 19 heavy (non-hydrogen) atoms. The Morgan fingerprint density at radius 3 is 3.00 bits per heavy atom. The van der Waals surface area contributed by atoms with Gasteiger partial charge in [-0.3, -0.25) is 9.89 Å². The number of hydrogen-bond acceptors (Lipinski definition) is 5.